The summed E-state index contributed by atoms with van der Waals surface area (Å²) < 4.78 is 38.5. The smallest absolute Gasteiger partial charge is 0.255 e. The summed E-state index contributed by atoms with van der Waals surface area (Å²) in [7, 11) is 0. The molecule has 714 valence electrons. The molecule has 0 unspecified atom stereocenters. The van der Waals surface area contributed by atoms with E-state index in [0.717, 1.165) is 110 Å². The van der Waals surface area contributed by atoms with Crippen LogP contribution in [0.25, 0.3) is 33.4 Å². The maximum Gasteiger partial charge on any atom is 0.255 e. The number of anilines is 3. The molecule has 0 aromatic heterocycles. The molecule has 12 heteroatoms. The normalized spacial score (nSPS) is 11.3. The molecule has 129 heavy (non-hydrogen) atoms. The molecule has 3 amide bonds. The molecular formula is C117H177N3O9. The van der Waals surface area contributed by atoms with Gasteiger partial charge in [0.25, 0.3) is 17.7 Å². The molecule has 7 aromatic rings. The molecule has 0 saturated carbocycles. The lowest BCUT2D eigenvalue weighted by Crippen LogP contribution is -2.13. The van der Waals surface area contributed by atoms with E-state index >= 15 is 0 Å². The van der Waals surface area contributed by atoms with Crippen molar-refractivity contribution in [3.8, 4) is 67.9 Å². The summed E-state index contributed by atoms with van der Waals surface area (Å²) in [4.78, 5) is 43.4. The average molecular weight is 1770 g/mol. The number of unbranched alkanes of at least 4 members (excludes halogenated alkanes) is 54. The summed E-state index contributed by atoms with van der Waals surface area (Å²) in [6.07, 6.45) is 74.8. The Morgan fingerprint density at radius 2 is 0.310 bits per heavy atom. The minimum Gasteiger partial charge on any atom is -0.493 e. The van der Waals surface area contributed by atoms with E-state index in [4.69, 9.17) is 28.4 Å². The van der Waals surface area contributed by atoms with Crippen molar-refractivity contribution in [3.63, 3.8) is 0 Å². The summed E-state index contributed by atoms with van der Waals surface area (Å²) in [6, 6.07) is 47.6. The van der Waals surface area contributed by atoms with Crippen LogP contribution < -0.4 is 44.4 Å². The second-order valence-electron chi connectivity index (χ2n) is 37.2. The monoisotopic (exact) mass is 1770 g/mol. The molecule has 7 rings (SSSR count). The van der Waals surface area contributed by atoms with E-state index in [2.05, 4.69) is 112 Å². The first-order valence-electron chi connectivity index (χ1n) is 53.2. The number of nitrogens with one attached hydrogen (secondary N) is 3. The summed E-state index contributed by atoms with van der Waals surface area (Å²) in [5.41, 5.74) is 9.20. The first kappa shape index (κ1) is 108. The topological polar surface area (TPSA) is 143 Å². The van der Waals surface area contributed by atoms with Crippen molar-refractivity contribution >= 4 is 34.8 Å². The molecule has 7 aromatic carbocycles. The molecule has 0 spiro atoms. The zero-order valence-electron chi connectivity index (χ0n) is 82.2. The number of ether oxygens (including phenoxy) is 6. The summed E-state index contributed by atoms with van der Waals surface area (Å²) in [5, 5.41) is 9.64. The third-order valence-corrected chi connectivity index (χ3v) is 25.4. The fraction of sp³-hybridized carbons (Fsp3) is 0.615. The van der Waals surface area contributed by atoms with Crippen LogP contribution in [0.5, 0.6) is 34.5 Å². The Morgan fingerprint density at radius 1 is 0.171 bits per heavy atom. The van der Waals surface area contributed by atoms with Crippen molar-refractivity contribution in [1.82, 2.24) is 0 Å². The highest BCUT2D eigenvalue weighted by atomic mass is 16.5. The number of carbonyl (C=O) groups is 3. The van der Waals surface area contributed by atoms with Gasteiger partial charge in [0.2, 0.25) is 0 Å². The first-order chi connectivity index (χ1) is 63.6. The van der Waals surface area contributed by atoms with Crippen LogP contribution in [-0.2, 0) is 0 Å². The number of hydrogen-bond acceptors (Lipinski definition) is 9. The average Bonchev–Trinajstić information content (AvgIpc) is 0.798. The second-order valence-corrected chi connectivity index (χ2v) is 37.2. The Kier molecular flexibility index (Phi) is 59.7. The van der Waals surface area contributed by atoms with Crippen LogP contribution >= 0.6 is 0 Å². The zero-order valence-corrected chi connectivity index (χ0v) is 82.2. The molecule has 0 atom stereocenters. The summed E-state index contributed by atoms with van der Waals surface area (Å²) >= 11 is 0. The zero-order chi connectivity index (χ0) is 91.1. The fourth-order valence-electron chi connectivity index (χ4n) is 17.3. The first-order valence-corrected chi connectivity index (χ1v) is 53.2. The molecule has 0 fully saturated rings. The number of rotatable bonds is 81. The SMILES string of the molecule is CCCCCCCCCCCCOc1cc(OCCCCCCCCCCCC)cc(C(=O)Nc2ccc(-c3cc(-c4ccc(NC(=O)c5cc(OCCCCCCCCCCCC)cc(OCCCCCCCCCCCC)c5)cc4)cc(-c4ccc(NC(=O)c5cc(OCCCCCCCCCCCC)cc(OCCCCCCCCCCCC)c5)cc4)c3)cc2)c1. The van der Waals surface area contributed by atoms with Crippen LogP contribution in [0.3, 0.4) is 0 Å². The van der Waals surface area contributed by atoms with Crippen LogP contribution in [0.2, 0.25) is 0 Å². The minimum atomic E-state index is -0.240. The van der Waals surface area contributed by atoms with Gasteiger partial charge in [0, 0.05) is 52.0 Å². The van der Waals surface area contributed by atoms with Gasteiger partial charge in [-0.3, -0.25) is 14.4 Å². The maximum atomic E-state index is 14.5. The molecule has 0 heterocycles. The van der Waals surface area contributed by atoms with Crippen LogP contribution in [0, 0.1) is 0 Å². The summed E-state index contributed by atoms with van der Waals surface area (Å²) in [5.74, 6) is 3.15. The van der Waals surface area contributed by atoms with Gasteiger partial charge in [-0.1, -0.05) is 425 Å². The van der Waals surface area contributed by atoms with E-state index in [-0.39, 0.29) is 17.7 Å². The predicted octanol–water partition coefficient (Wildman–Crippen LogP) is 36.2. The minimum absolute atomic E-state index is 0.240. The molecule has 0 bridgehead atoms. The number of amides is 3. The molecule has 12 nitrogen and oxygen atoms in total. The maximum absolute atomic E-state index is 14.5. The van der Waals surface area contributed by atoms with Gasteiger partial charge in [0.1, 0.15) is 34.5 Å². The van der Waals surface area contributed by atoms with Crippen molar-refractivity contribution in [2.45, 2.75) is 427 Å². The van der Waals surface area contributed by atoms with Crippen LogP contribution in [0.4, 0.5) is 17.1 Å². The van der Waals surface area contributed by atoms with Crippen molar-refractivity contribution in [3.05, 3.63) is 162 Å². The molecule has 0 radical (unpaired) electrons. The second kappa shape index (κ2) is 71.4. The lowest BCUT2D eigenvalue weighted by Gasteiger charge is -2.15. The highest BCUT2D eigenvalue weighted by Crippen LogP contribution is 2.37. The summed E-state index contributed by atoms with van der Waals surface area (Å²) in [6.45, 7) is 17.1. The van der Waals surface area contributed by atoms with E-state index in [1.165, 1.54) is 308 Å². The molecule has 3 N–H and O–H groups in total. The van der Waals surface area contributed by atoms with Crippen LogP contribution in [0.15, 0.2) is 146 Å². The molecule has 0 aliphatic carbocycles. The van der Waals surface area contributed by atoms with Gasteiger partial charge in [-0.2, -0.15) is 0 Å². The fourth-order valence-corrected chi connectivity index (χ4v) is 17.3. The lowest BCUT2D eigenvalue weighted by atomic mass is 9.93. The van der Waals surface area contributed by atoms with Crippen molar-refractivity contribution in [1.29, 1.82) is 0 Å². The van der Waals surface area contributed by atoms with E-state index < -0.39 is 0 Å². The van der Waals surface area contributed by atoms with Gasteiger partial charge in [0.15, 0.2) is 0 Å². The number of carbonyl (C=O) groups excluding carboxylic acids is 3. The molecule has 0 aliphatic rings. The Labute approximate surface area is 785 Å². The van der Waals surface area contributed by atoms with E-state index in [9.17, 15) is 14.4 Å². The Morgan fingerprint density at radius 3 is 0.457 bits per heavy atom. The van der Waals surface area contributed by atoms with E-state index in [0.29, 0.717) is 108 Å². The van der Waals surface area contributed by atoms with Gasteiger partial charge >= 0.3 is 0 Å². The van der Waals surface area contributed by atoms with Gasteiger partial charge in [-0.05, 0) is 163 Å². The van der Waals surface area contributed by atoms with E-state index in [1.54, 1.807) is 0 Å². The molecule has 0 saturated heterocycles. The predicted molar refractivity (Wildman–Crippen MR) is 550 cm³/mol. The van der Waals surface area contributed by atoms with Crippen LogP contribution in [0.1, 0.15) is 458 Å². The van der Waals surface area contributed by atoms with Gasteiger partial charge in [-0.25, -0.2) is 0 Å². The molecular weight excluding hydrogens is 1590 g/mol. The van der Waals surface area contributed by atoms with Gasteiger partial charge in [0.05, 0.1) is 39.6 Å². The third kappa shape index (κ3) is 49.2. The van der Waals surface area contributed by atoms with E-state index in [1.807, 2.05) is 91.0 Å². The quantitative estimate of drug-likeness (QED) is 0.0318. The highest BCUT2D eigenvalue weighted by Gasteiger charge is 2.19. The van der Waals surface area contributed by atoms with Crippen molar-refractivity contribution < 1.29 is 42.8 Å². The standard InChI is InChI=1S/C117H177N3O9/c1-7-13-19-25-31-37-43-49-55-61-79-124-109-88-103(89-110(94-109)125-80-62-56-50-44-38-32-26-20-14-8-2)115(121)118-106-73-67-97(68-74-106)100-85-101(98-69-75-107(76-70-98)119-116(122)104-90-111(126-81-63-57-51-45-39-33-27-21-15-9-3)95-112(91-104)127-82-64-58-52-46-40-34-28-22-16-10-4)87-102(86-100)99-71-77-108(78-72-99)120-117(123)105-92-113(128-83-65-59-53-47-41-35-29-23-17-11-5)96-114(93-105)129-84-66-60-54-48-42-36-30-24-18-12-6/h67-78,85-96H,7-66,79-84H2,1-6H3,(H,118,121)(H,119,122)(H,120,123). The highest BCUT2D eigenvalue weighted by molar-refractivity contribution is 6.06. The van der Waals surface area contributed by atoms with Crippen molar-refractivity contribution in [2.24, 2.45) is 0 Å². The Bertz CT molecular complexity index is 3450. The van der Waals surface area contributed by atoms with Gasteiger partial charge < -0.3 is 44.4 Å². The third-order valence-electron chi connectivity index (χ3n) is 25.4. The lowest BCUT2D eigenvalue weighted by molar-refractivity contribution is 0.101. The van der Waals surface area contributed by atoms with Gasteiger partial charge in [-0.15, -0.1) is 0 Å². The Balaban J connectivity index is 1.10. The Hall–Kier alpha value is -8.25. The number of benzene rings is 7. The van der Waals surface area contributed by atoms with Crippen LogP contribution in [-0.4, -0.2) is 57.4 Å². The number of hydrogen-bond donors (Lipinski definition) is 3. The largest absolute Gasteiger partial charge is 0.493 e. The van der Waals surface area contributed by atoms with Crippen molar-refractivity contribution in [2.75, 3.05) is 55.6 Å². The molecule has 0 aliphatic heterocycles.